The number of hydrogen-bond donors (Lipinski definition) is 1. The fourth-order valence-corrected chi connectivity index (χ4v) is 2.12. The lowest BCUT2D eigenvalue weighted by Crippen LogP contribution is -2.19. The van der Waals surface area contributed by atoms with Gasteiger partial charge in [-0.15, -0.1) is 0 Å². The van der Waals surface area contributed by atoms with Crippen molar-refractivity contribution in [2.24, 2.45) is 0 Å². The topological polar surface area (TPSA) is 47.0 Å². The van der Waals surface area contributed by atoms with Crippen molar-refractivity contribution in [2.75, 3.05) is 13.1 Å². The first-order valence-electron chi connectivity index (χ1n) is 5.08. The van der Waals surface area contributed by atoms with E-state index in [1.54, 1.807) is 0 Å². The summed E-state index contributed by atoms with van der Waals surface area (Å²) in [5.41, 5.74) is 0. The van der Waals surface area contributed by atoms with E-state index in [0.29, 0.717) is 0 Å². The van der Waals surface area contributed by atoms with Crippen molar-refractivity contribution in [3.05, 3.63) is 5.82 Å². The predicted octanol–water partition coefficient (Wildman–Crippen LogP) is 1.23. The largest absolute Gasteiger partial charge is 0.464 e. The molecule has 0 aromatic carbocycles. The third-order valence-corrected chi connectivity index (χ3v) is 2.85. The molecule has 1 N–H and O–H groups in total. The quantitative estimate of drug-likeness (QED) is 0.817. The summed E-state index contributed by atoms with van der Waals surface area (Å²) in [7, 11) is 0. The van der Waals surface area contributed by atoms with Crippen molar-refractivity contribution in [3.63, 3.8) is 0 Å². The Labute approximate surface area is 87.9 Å². The molecule has 0 saturated carbocycles. The minimum Gasteiger partial charge on any atom is -0.464 e. The molecular formula is C9H15N3OS. The van der Waals surface area contributed by atoms with E-state index in [0.717, 1.165) is 43.4 Å². The average Bonchev–Trinajstić information content (AvgIpc) is 2.79. The van der Waals surface area contributed by atoms with Crippen molar-refractivity contribution in [1.29, 1.82) is 0 Å². The number of nitrogens with one attached hydrogen (secondary N) is 1. The molecule has 0 amide bonds. The van der Waals surface area contributed by atoms with Gasteiger partial charge >= 0.3 is 0 Å². The van der Waals surface area contributed by atoms with Crippen LogP contribution in [0.4, 0.5) is 0 Å². The second-order valence-corrected chi connectivity index (χ2v) is 4.17. The van der Waals surface area contributed by atoms with E-state index in [1.165, 1.54) is 11.5 Å². The van der Waals surface area contributed by atoms with Gasteiger partial charge in [-0.2, -0.15) is 9.36 Å². The van der Waals surface area contributed by atoms with Crippen molar-refractivity contribution in [2.45, 2.75) is 32.3 Å². The van der Waals surface area contributed by atoms with Gasteiger partial charge in [0.25, 0.3) is 5.19 Å². The summed E-state index contributed by atoms with van der Waals surface area (Å²) in [6, 6.07) is 0. The molecule has 2 heterocycles. The highest BCUT2D eigenvalue weighted by molar-refractivity contribution is 7.07. The molecule has 1 aliphatic heterocycles. The molecule has 4 nitrogen and oxygen atoms in total. The normalized spacial score (nSPS) is 21.4. The van der Waals surface area contributed by atoms with Gasteiger partial charge in [-0.25, -0.2) is 0 Å². The highest BCUT2D eigenvalue weighted by Crippen LogP contribution is 2.18. The van der Waals surface area contributed by atoms with Crippen molar-refractivity contribution in [3.8, 4) is 5.19 Å². The molecule has 78 valence electrons. The number of ether oxygens (including phenoxy) is 1. The van der Waals surface area contributed by atoms with E-state index in [-0.39, 0.29) is 6.10 Å². The SMILES string of the molecule is CCCc1nsc(OC2CCNC2)n1. The van der Waals surface area contributed by atoms with Crippen LogP contribution in [-0.2, 0) is 6.42 Å². The lowest BCUT2D eigenvalue weighted by molar-refractivity contribution is 0.221. The van der Waals surface area contributed by atoms with E-state index in [1.807, 2.05) is 0 Å². The first-order valence-corrected chi connectivity index (χ1v) is 5.86. The number of nitrogens with zero attached hydrogens (tertiary/aromatic N) is 2. The minimum atomic E-state index is 0.289. The lowest BCUT2D eigenvalue weighted by Gasteiger charge is -2.07. The smallest absolute Gasteiger partial charge is 0.293 e. The van der Waals surface area contributed by atoms with Crippen LogP contribution in [0, 0.1) is 0 Å². The highest BCUT2D eigenvalue weighted by Gasteiger charge is 2.17. The van der Waals surface area contributed by atoms with Crippen LogP contribution in [-0.4, -0.2) is 28.6 Å². The van der Waals surface area contributed by atoms with Crippen molar-refractivity contribution >= 4 is 11.5 Å². The van der Waals surface area contributed by atoms with Crippen LogP contribution in [0.5, 0.6) is 5.19 Å². The van der Waals surface area contributed by atoms with Crippen molar-refractivity contribution < 1.29 is 4.74 Å². The molecule has 14 heavy (non-hydrogen) atoms. The van der Waals surface area contributed by atoms with Crippen LogP contribution >= 0.6 is 11.5 Å². The summed E-state index contributed by atoms with van der Waals surface area (Å²) < 4.78 is 9.92. The standard InChI is InChI=1S/C9H15N3OS/c1-2-3-8-11-9(14-12-8)13-7-4-5-10-6-7/h7,10H,2-6H2,1H3. The Bertz CT molecular complexity index is 283. The maximum absolute atomic E-state index is 5.68. The predicted molar refractivity (Wildman–Crippen MR) is 55.8 cm³/mol. The molecule has 1 atom stereocenters. The average molecular weight is 213 g/mol. The van der Waals surface area contributed by atoms with E-state index in [9.17, 15) is 0 Å². The van der Waals surface area contributed by atoms with Gasteiger partial charge in [0.2, 0.25) is 0 Å². The molecule has 1 aliphatic rings. The summed E-state index contributed by atoms with van der Waals surface area (Å²) in [4.78, 5) is 4.32. The minimum absolute atomic E-state index is 0.289. The number of hydrogen-bond acceptors (Lipinski definition) is 5. The first-order chi connectivity index (χ1) is 6.88. The van der Waals surface area contributed by atoms with E-state index < -0.39 is 0 Å². The summed E-state index contributed by atoms with van der Waals surface area (Å²) in [6.07, 6.45) is 3.39. The Morgan fingerprint density at radius 1 is 1.64 bits per heavy atom. The monoisotopic (exact) mass is 213 g/mol. The van der Waals surface area contributed by atoms with Crippen molar-refractivity contribution in [1.82, 2.24) is 14.7 Å². The number of aryl methyl sites for hydroxylation is 1. The van der Waals surface area contributed by atoms with Crippen LogP contribution in [0.3, 0.4) is 0 Å². The molecule has 0 aliphatic carbocycles. The first kappa shape index (κ1) is 9.86. The fraction of sp³-hybridized carbons (Fsp3) is 0.778. The molecule has 2 rings (SSSR count). The molecule has 1 aromatic heterocycles. The van der Waals surface area contributed by atoms with Gasteiger partial charge in [0.05, 0.1) is 0 Å². The molecule has 1 unspecified atom stereocenters. The summed E-state index contributed by atoms with van der Waals surface area (Å²) in [5.74, 6) is 0.915. The maximum atomic E-state index is 5.68. The highest BCUT2D eigenvalue weighted by atomic mass is 32.1. The zero-order valence-electron chi connectivity index (χ0n) is 8.32. The van der Waals surface area contributed by atoms with Gasteiger partial charge in [-0.05, 0) is 19.4 Å². The molecule has 0 radical (unpaired) electrons. The third-order valence-electron chi connectivity index (χ3n) is 2.21. The number of rotatable bonds is 4. The molecule has 5 heteroatoms. The van der Waals surface area contributed by atoms with Gasteiger partial charge in [-0.3, -0.25) is 0 Å². The van der Waals surface area contributed by atoms with E-state index >= 15 is 0 Å². The zero-order chi connectivity index (χ0) is 9.80. The van der Waals surface area contributed by atoms with Crippen LogP contribution in [0.2, 0.25) is 0 Å². The van der Waals surface area contributed by atoms with E-state index in [2.05, 4.69) is 21.6 Å². The summed E-state index contributed by atoms with van der Waals surface area (Å²) >= 11 is 1.37. The van der Waals surface area contributed by atoms with Gasteiger partial charge in [0.15, 0.2) is 0 Å². The van der Waals surface area contributed by atoms with Crippen LogP contribution in [0.15, 0.2) is 0 Å². The third kappa shape index (κ3) is 2.42. The fourth-order valence-electron chi connectivity index (χ4n) is 1.48. The Morgan fingerprint density at radius 3 is 3.29 bits per heavy atom. The molecule has 1 aromatic rings. The Balaban J connectivity index is 1.88. The van der Waals surface area contributed by atoms with Crippen LogP contribution < -0.4 is 10.1 Å². The molecule has 0 bridgehead atoms. The van der Waals surface area contributed by atoms with Gasteiger partial charge in [0.1, 0.15) is 11.9 Å². The Hall–Kier alpha value is -0.680. The lowest BCUT2D eigenvalue weighted by atomic mass is 10.3. The Kier molecular flexibility index (Phi) is 3.31. The molecule has 1 saturated heterocycles. The van der Waals surface area contributed by atoms with Gasteiger partial charge < -0.3 is 10.1 Å². The van der Waals surface area contributed by atoms with E-state index in [4.69, 9.17) is 4.74 Å². The van der Waals surface area contributed by atoms with Crippen LogP contribution in [0.25, 0.3) is 0 Å². The zero-order valence-corrected chi connectivity index (χ0v) is 9.14. The second kappa shape index (κ2) is 4.70. The molecule has 1 fully saturated rings. The van der Waals surface area contributed by atoms with Gasteiger partial charge in [0, 0.05) is 24.5 Å². The summed E-state index contributed by atoms with van der Waals surface area (Å²) in [5, 5.41) is 3.98. The number of aromatic nitrogens is 2. The molecule has 0 spiro atoms. The Morgan fingerprint density at radius 2 is 2.57 bits per heavy atom. The summed E-state index contributed by atoms with van der Waals surface area (Å²) in [6.45, 7) is 4.11. The molecular weight excluding hydrogens is 198 g/mol. The van der Waals surface area contributed by atoms with Crippen LogP contribution in [0.1, 0.15) is 25.6 Å². The second-order valence-electron chi connectivity index (χ2n) is 3.46. The maximum Gasteiger partial charge on any atom is 0.293 e. The van der Waals surface area contributed by atoms with Gasteiger partial charge in [-0.1, -0.05) is 6.92 Å².